The highest BCUT2D eigenvalue weighted by Gasteiger charge is 2.10. The van der Waals surface area contributed by atoms with Crippen molar-refractivity contribution in [2.45, 2.75) is 26.1 Å². The van der Waals surface area contributed by atoms with Gasteiger partial charge in [0.15, 0.2) is 0 Å². The van der Waals surface area contributed by atoms with E-state index in [1.165, 1.54) is 23.3 Å². The van der Waals surface area contributed by atoms with E-state index >= 15 is 0 Å². The second kappa shape index (κ2) is 6.06. The molecule has 0 atom stereocenters. The van der Waals surface area contributed by atoms with E-state index in [0.717, 1.165) is 18.7 Å². The maximum Gasteiger partial charge on any atom is 0.224 e. The fourth-order valence-corrected chi connectivity index (χ4v) is 2.55. The average molecular weight is 284 g/mol. The smallest absolute Gasteiger partial charge is 0.224 e. The molecule has 3 nitrogen and oxygen atoms in total. The Morgan fingerprint density at radius 3 is 2.81 bits per heavy atom. The lowest BCUT2D eigenvalue weighted by Gasteiger charge is -2.07. The van der Waals surface area contributed by atoms with Crippen molar-refractivity contribution in [2.75, 3.05) is 0 Å². The minimum Gasteiger partial charge on any atom is -0.352 e. The van der Waals surface area contributed by atoms with Crippen LogP contribution in [0, 0.1) is 5.82 Å². The normalized spacial score (nSPS) is 13.0. The summed E-state index contributed by atoms with van der Waals surface area (Å²) in [6.45, 7) is 2.31. The molecule has 0 radical (unpaired) electrons. The fraction of sp³-hybridized carbons (Fsp3) is 0.235. The third-order valence-electron chi connectivity index (χ3n) is 3.64. The van der Waals surface area contributed by atoms with Gasteiger partial charge in [-0.3, -0.25) is 4.79 Å². The molecule has 0 spiro atoms. The third kappa shape index (κ3) is 3.47. The van der Waals surface area contributed by atoms with Crippen molar-refractivity contribution in [1.82, 2.24) is 10.6 Å². The van der Waals surface area contributed by atoms with Crippen molar-refractivity contribution in [1.29, 1.82) is 0 Å². The molecular weight excluding hydrogens is 267 g/mol. The van der Waals surface area contributed by atoms with Crippen LogP contribution in [-0.2, 0) is 30.8 Å². The van der Waals surface area contributed by atoms with Crippen LogP contribution in [0.25, 0.3) is 0 Å². The number of carbonyl (C=O) groups excluding carboxylic acids is 1. The summed E-state index contributed by atoms with van der Waals surface area (Å²) in [6.07, 6.45) is 0.199. The number of halogens is 1. The molecule has 2 aromatic rings. The summed E-state index contributed by atoms with van der Waals surface area (Å²) < 4.78 is 13.1. The van der Waals surface area contributed by atoms with Gasteiger partial charge in [0.1, 0.15) is 5.82 Å². The molecule has 0 fully saturated rings. The van der Waals surface area contributed by atoms with Crippen LogP contribution in [-0.4, -0.2) is 5.91 Å². The maximum absolute atomic E-state index is 13.1. The Morgan fingerprint density at radius 1 is 1.10 bits per heavy atom. The molecule has 1 aliphatic heterocycles. The van der Waals surface area contributed by atoms with Crippen molar-refractivity contribution in [3.8, 4) is 0 Å². The first kappa shape index (κ1) is 13.8. The van der Waals surface area contributed by atoms with E-state index in [4.69, 9.17) is 0 Å². The Labute approximate surface area is 123 Å². The lowest BCUT2D eigenvalue weighted by atomic mass is 10.1. The van der Waals surface area contributed by atoms with Gasteiger partial charge in [-0.15, -0.1) is 0 Å². The van der Waals surface area contributed by atoms with Crippen molar-refractivity contribution in [3.05, 3.63) is 70.5 Å². The van der Waals surface area contributed by atoms with Gasteiger partial charge in [-0.2, -0.15) is 0 Å². The van der Waals surface area contributed by atoms with Crippen LogP contribution in [0.5, 0.6) is 0 Å². The number of carbonyl (C=O) groups is 1. The van der Waals surface area contributed by atoms with Crippen molar-refractivity contribution in [3.63, 3.8) is 0 Å². The van der Waals surface area contributed by atoms with Gasteiger partial charge in [-0.05, 0) is 34.4 Å². The van der Waals surface area contributed by atoms with Crippen LogP contribution in [0.15, 0.2) is 42.5 Å². The SMILES string of the molecule is O=C(Cc1cccc(F)c1)NCc1ccc2c(c1)CNC2. The van der Waals surface area contributed by atoms with E-state index in [9.17, 15) is 9.18 Å². The molecule has 0 aromatic heterocycles. The molecule has 2 N–H and O–H groups in total. The Bertz CT molecular complexity index is 670. The van der Waals surface area contributed by atoms with Crippen molar-refractivity contribution < 1.29 is 9.18 Å². The first-order chi connectivity index (χ1) is 10.2. The molecule has 1 heterocycles. The van der Waals surface area contributed by atoms with Gasteiger partial charge in [0.25, 0.3) is 0 Å². The van der Waals surface area contributed by atoms with E-state index in [0.29, 0.717) is 12.1 Å². The lowest BCUT2D eigenvalue weighted by molar-refractivity contribution is -0.120. The number of amides is 1. The molecule has 0 saturated heterocycles. The van der Waals surface area contributed by atoms with Crippen molar-refractivity contribution in [2.24, 2.45) is 0 Å². The highest BCUT2D eigenvalue weighted by Crippen LogP contribution is 2.16. The molecule has 1 amide bonds. The number of nitrogens with one attached hydrogen (secondary N) is 2. The molecule has 1 aliphatic rings. The Morgan fingerprint density at radius 2 is 1.95 bits per heavy atom. The highest BCUT2D eigenvalue weighted by molar-refractivity contribution is 5.78. The highest BCUT2D eigenvalue weighted by atomic mass is 19.1. The molecule has 0 bridgehead atoms. The van der Waals surface area contributed by atoms with Gasteiger partial charge in [-0.25, -0.2) is 4.39 Å². The molecule has 0 saturated carbocycles. The van der Waals surface area contributed by atoms with Crippen LogP contribution < -0.4 is 10.6 Å². The van der Waals surface area contributed by atoms with Gasteiger partial charge in [0.2, 0.25) is 5.91 Å². The first-order valence-electron chi connectivity index (χ1n) is 7.03. The lowest BCUT2D eigenvalue weighted by Crippen LogP contribution is -2.24. The number of fused-ring (bicyclic) bond motifs is 1. The molecule has 4 heteroatoms. The molecule has 2 aromatic carbocycles. The third-order valence-corrected chi connectivity index (χ3v) is 3.64. The van der Waals surface area contributed by atoms with Gasteiger partial charge in [0, 0.05) is 19.6 Å². The number of benzene rings is 2. The largest absolute Gasteiger partial charge is 0.352 e. The van der Waals surface area contributed by atoms with Gasteiger partial charge in [-0.1, -0.05) is 30.3 Å². The number of hydrogen-bond acceptors (Lipinski definition) is 2. The van der Waals surface area contributed by atoms with Crippen LogP contribution >= 0.6 is 0 Å². The minimum absolute atomic E-state index is 0.0979. The number of hydrogen-bond donors (Lipinski definition) is 2. The second-order valence-corrected chi connectivity index (χ2v) is 5.29. The summed E-state index contributed by atoms with van der Waals surface area (Å²) in [6, 6.07) is 12.4. The monoisotopic (exact) mass is 284 g/mol. The molecular formula is C17H17FN2O. The Balaban J connectivity index is 1.56. The van der Waals surface area contributed by atoms with Gasteiger partial charge in [0.05, 0.1) is 6.42 Å². The average Bonchev–Trinajstić information content (AvgIpc) is 2.92. The van der Waals surface area contributed by atoms with Crippen LogP contribution in [0.1, 0.15) is 22.3 Å². The van der Waals surface area contributed by atoms with E-state index < -0.39 is 0 Å². The van der Waals surface area contributed by atoms with Crippen LogP contribution in [0.2, 0.25) is 0 Å². The van der Waals surface area contributed by atoms with E-state index in [2.05, 4.69) is 22.8 Å². The molecule has 108 valence electrons. The van der Waals surface area contributed by atoms with E-state index in [1.807, 2.05) is 6.07 Å². The summed E-state index contributed by atoms with van der Waals surface area (Å²) in [4.78, 5) is 11.9. The predicted molar refractivity (Wildman–Crippen MR) is 78.9 cm³/mol. The maximum atomic E-state index is 13.1. The summed E-state index contributed by atoms with van der Waals surface area (Å²) in [7, 11) is 0. The van der Waals surface area contributed by atoms with Gasteiger partial charge < -0.3 is 10.6 Å². The quantitative estimate of drug-likeness (QED) is 0.904. The summed E-state index contributed by atoms with van der Waals surface area (Å²) in [5, 5.41) is 6.17. The summed E-state index contributed by atoms with van der Waals surface area (Å²) >= 11 is 0. The summed E-state index contributed by atoms with van der Waals surface area (Å²) in [5.74, 6) is -0.411. The second-order valence-electron chi connectivity index (χ2n) is 5.29. The zero-order valence-corrected chi connectivity index (χ0v) is 11.7. The number of rotatable bonds is 4. The molecule has 0 unspecified atom stereocenters. The molecule has 3 rings (SSSR count). The minimum atomic E-state index is -0.313. The predicted octanol–water partition coefficient (Wildman–Crippen LogP) is 2.29. The Kier molecular flexibility index (Phi) is 3.97. The molecule has 21 heavy (non-hydrogen) atoms. The fourth-order valence-electron chi connectivity index (χ4n) is 2.55. The van der Waals surface area contributed by atoms with Gasteiger partial charge >= 0.3 is 0 Å². The van der Waals surface area contributed by atoms with Crippen LogP contribution in [0.4, 0.5) is 4.39 Å². The van der Waals surface area contributed by atoms with Crippen molar-refractivity contribution >= 4 is 5.91 Å². The zero-order chi connectivity index (χ0) is 14.7. The van der Waals surface area contributed by atoms with Crippen LogP contribution in [0.3, 0.4) is 0 Å². The first-order valence-corrected chi connectivity index (χ1v) is 7.03. The van der Waals surface area contributed by atoms with E-state index in [1.54, 1.807) is 12.1 Å². The zero-order valence-electron chi connectivity index (χ0n) is 11.7. The molecule has 0 aliphatic carbocycles. The Hall–Kier alpha value is -2.20. The standard InChI is InChI=1S/C17H17FN2O/c18-16-3-1-2-12(7-16)8-17(21)20-9-13-4-5-14-10-19-11-15(14)6-13/h1-7,19H,8-11H2,(H,20,21). The summed E-state index contributed by atoms with van der Waals surface area (Å²) in [5.41, 5.74) is 4.40. The van der Waals surface area contributed by atoms with E-state index in [-0.39, 0.29) is 18.1 Å². The topological polar surface area (TPSA) is 41.1 Å².